The molecule has 0 aliphatic heterocycles. The summed E-state index contributed by atoms with van der Waals surface area (Å²) >= 11 is 5.56. The second-order valence-corrected chi connectivity index (χ2v) is 2.13. The van der Waals surface area contributed by atoms with E-state index in [1.165, 1.54) is 5.94 Å². The number of benzene rings is 1. The second kappa shape index (κ2) is 5.54. The summed E-state index contributed by atoms with van der Waals surface area (Å²) in [7, 11) is 0. The van der Waals surface area contributed by atoms with Crippen LogP contribution in [0.4, 0.5) is 5.69 Å². The average molecular weight is 170 g/mol. The molecule has 0 spiro atoms. The highest BCUT2D eigenvalue weighted by molar-refractivity contribution is 6.30. The first-order valence-corrected chi connectivity index (χ1v) is 3.23. The number of halogens is 1. The van der Waals surface area contributed by atoms with Crippen molar-refractivity contribution in [2.24, 2.45) is 0 Å². The molecule has 0 fully saturated rings. The van der Waals surface area contributed by atoms with Gasteiger partial charge in [0.15, 0.2) is 0 Å². The van der Waals surface area contributed by atoms with Gasteiger partial charge < -0.3 is 5.73 Å². The fraction of sp³-hybridized carbons (Fsp3) is 0. The standard InChI is InChI=1S/C6H6ClN.C2H2O/c7-5-1-3-6(8)4-2-5;1-2-3/h1-4H,8H2;1H2. The summed E-state index contributed by atoms with van der Waals surface area (Å²) in [5.41, 5.74) is 6.11. The van der Waals surface area contributed by atoms with Crippen LogP contribution in [0.2, 0.25) is 5.02 Å². The first-order chi connectivity index (χ1) is 5.20. The lowest BCUT2D eigenvalue weighted by atomic mass is 10.3. The van der Waals surface area contributed by atoms with Crippen LogP contribution in [0.15, 0.2) is 30.8 Å². The highest BCUT2D eigenvalue weighted by atomic mass is 35.5. The minimum absolute atomic E-state index is 0.721. The fourth-order valence-electron chi connectivity index (χ4n) is 0.463. The maximum Gasteiger partial charge on any atom is 0.116 e. The Kier molecular flexibility index (Phi) is 4.91. The molecular formula is C8H8ClNO. The summed E-state index contributed by atoms with van der Waals surface area (Å²) in [5, 5.41) is 0.721. The third kappa shape index (κ3) is 5.22. The summed E-state index contributed by atoms with van der Waals surface area (Å²) < 4.78 is 0. The van der Waals surface area contributed by atoms with Crippen molar-refractivity contribution in [2.45, 2.75) is 0 Å². The van der Waals surface area contributed by atoms with Crippen molar-refractivity contribution >= 4 is 23.2 Å². The molecule has 58 valence electrons. The second-order valence-electron chi connectivity index (χ2n) is 1.70. The summed E-state index contributed by atoms with van der Waals surface area (Å²) in [6, 6.07) is 7.05. The number of anilines is 1. The normalized spacial score (nSPS) is 7.36. The number of rotatable bonds is 0. The van der Waals surface area contributed by atoms with Gasteiger partial charge in [-0.1, -0.05) is 11.6 Å². The molecule has 1 aromatic carbocycles. The quantitative estimate of drug-likeness (QED) is 0.476. The van der Waals surface area contributed by atoms with Crippen LogP contribution in [0.25, 0.3) is 0 Å². The first-order valence-electron chi connectivity index (χ1n) is 2.86. The van der Waals surface area contributed by atoms with E-state index in [4.69, 9.17) is 22.1 Å². The summed E-state index contributed by atoms with van der Waals surface area (Å²) in [6.45, 7) is 2.68. The van der Waals surface area contributed by atoms with Gasteiger partial charge in [-0.15, -0.1) is 0 Å². The Balaban J connectivity index is 0.000000292. The Morgan fingerprint density at radius 1 is 1.36 bits per heavy atom. The van der Waals surface area contributed by atoms with E-state index in [-0.39, 0.29) is 0 Å². The minimum atomic E-state index is 0.721. The van der Waals surface area contributed by atoms with Gasteiger partial charge in [0, 0.05) is 10.7 Å². The predicted molar refractivity (Wildman–Crippen MR) is 47.2 cm³/mol. The Bertz CT molecular complexity index is 216. The maximum absolute atomic E-state index is 8.57. The van der Waals surface area contributed by atoms with E-state index in [0.29, 0.717) is 0 Å². The number of nitrogens with two attached hydrogens (primary N) is 1. The SMILES string of the molecule is C=C=O.Nc1ccc(Cl)cc1. The lowest BCUT2D eigenvalue weighted by Crippen LogP contribution is -1.80. The van der Waals surface area contributed by atoms with Gasteiger partial charge in [-0.25, -0.2) is 4.79 Å². The Morgan fingerprint density at radius 2 is 1.73 bits per heavy atom. The molecule has 1 aromatic rings. The topological polar surface area (TPSA) is 43.1 Å². The molecule has 0 saturated heterocycles. The Morgan fingerprint density at radius 3 is 2.00 bits per heavy atom. The van der Waals surface area contributed by atoms with Gasteiger partial charge in [0.2, 0.25) is 0 Å². The van der Waals surface area contributed by atoms with Crippen LogP contribution in [0, 0.1) is 0 Å². The van der Waals surface area contributed by atoms with Crippen LogP contribution in [0.5, 0.6) is 0 Å². The number of carbonyl (C=O) groups excluding carboxylic acids is 1. The molecule has 0 aliphatic rings. The molecule has 0 unspecified atom stereocenters. The van der Waals surface area contributed by atoms with Crippen molar-refractivity contribution in [3.05, 3.63) is 35.9 Å². The van der Waals surface area contributed by atoms with Gasteiger partial charge in [-0.3, -0.25) is 0 Å². The number of hydrogen-bond donors (Lipinski definition) is 1. The van der Waals surface area contributed by atoms with Crippen LogP contribution in [0.1, 0.15) is 0 Å². The molecule has 0 amide bonds. The minimum Gasteiger partial charge on any atom is -0.399 e. The smallest absolute Gasteiger partial charge is 0.116 e. The molecule has 1 rings (SSSR count). The summed E-state index contributed by atoms with van der Waals surface area (Å²) in [5.74, 6) is 1.25. The van der Waals surface area contributed by atoms with Gasteiger partial charge >= 0.3 is 0 Å². The van der Waals surface area contributed by atoms with Gasteiger partial charge in [-0.05, 0) is 30.8 Å². The third-order valence-corrected chi connectivity index (χ3v) is 1.12. The summed E-state index contributed by atoms with van der Waals surface area (Å²) in [6.07, 6.45) is 0. The van der Waals surface area contributed by atoms with Crippen LogP contribution < -0.4 is 5.73 Å². The molecule has 2 nitrogen and oxygen atoms in total. The molecule has 0 atom stereocenters. The molecule has 2 N–H and O–H groups in total. The van der Waals surface area contributed by atoms with E-state index in [1.54, 1.807) is 24.3 Å². The van der Waals surface area contributed by atoms with Gasteiger partial charge in [0.1, 0.15) is 5.94 Å². The van der Waals surface area contributed by atoms with Crippen molar-refractivity contribution in [2.75, 3.05) is 5.73 Å². The van der Waals surface area contributed by atoms with Crippen molar-refractivity contribution in [1.29, 1.82) is 0 Å². The molecular weight excluding hydrogens is 162 g/mol. The van der Waals surface area contributed by atoms with Crippen molar-refractivity contribution in [3.63, 3.8) is 0 Å². The number of nitrogen functional groups attached to an aromatic ring is 1. The highest BCUT2D eigenvalue weighted by Crippen LogP contribution is 2.09. The van der Waals surface area contributed by atoms with E-state index < -0.39 is 0 Å². The Hall–Kier alpha value is -1.24. The zero-order valence-corrected chi connectivity index (χ0v) is 6.64. The molecule has 0 heterocycles. The Labute approximate surface area is 70.3 Å². The molecule has 0 bridgehead atoms. The van der Waals surface area contributed by atoms with Gasteiger partial charge in [0.25, 0.3) is 0 Å². The van der Waals surface area contributed by atoms with E-state index in [2.05, 4.69) is 6.58 Å². The molecule has 0 radical (unpaired) electrons. The average Bonchev–Trinajstić information content (AvgIpc) is 1.97. The van der Waals surface area contributed by atoms with E-state index in [9.17, 15) is 0 Å². The summed E-state index contributed by atoms with van der Waals surface area (Å²) in [4.78, 5) is 8.57. The van der Waals surface area contributed by atoms with Gasteiger partial charge in [-0.2, -0.15) is 0 Å². The fourth-order valence-corrected chi connectivity index (χ4v) is 0.589. The molecule has 0 saturated carbocycles. The molecule has 0 aromatic heterocycles. The molecule has 0 aliphatic carbocycles. The van der Waals surface area contributed by atoms with E-state index >= 15 is 0 Å². The van der Waals surface area contributed by atoms with E-state index in [1.807, 2.05) is 0 Å². The first kappa shape index (κ1) is 9.76. The van der Waals surface area contributed by atoms with E-state index in [0.717, 1.165) is 10.7 Å². The van der Waals surface area contributed by atoms with Crippen LogP contribution in [-0.2, 0) is 4.79 Å². The number of hydrogen-bond acceptors (Lipinski definition) is 2. The van der Waals surface area contributed by atoms with Crippen LogP contribution in [0.3, 0.4) is 0 Å². The van der Waals surface area contributed by atoms with Crippen LogP contribution in [-0.4, -0.2) is 5.94 Å². The molecule has 11 heavy (non-hydrogen) atoms. The van der Waals surface area contributed by atoms with Crippen molar-refractivity contribution in [3.8, 4) is 0 Å². The zero-order chi connectivity index (χ0) is 8.69. The highest BCUT2D eigenvalue weighted by Gasteiger charge is 1.82. The third-order valence-electron chi connectivity index (χ3n) is 0.870. The largest absolute Gasteiger partial charge is 0.399 e. The predicted octanol–water partition coefficient (Wildman–Crippen LogP) is 1.93. The lowest BCUT2D eigenvalue weighted by Gasteiger charge is -1.88. The van der Waals surface area contributed by atoms with Gasteiger partial charge in [0.05, 0.1) is 0 Å². The zero-order valence-electron chi connectivity index (χ0n) is 5.88. The maximum atomic E-state index is 8.57. The van der Waals surface area contributed by atoms with Crippen molar-refractivity contribution < 1.29 is 4.79 Å². The monoisotopic (exact) mass is 169 g/mol. The molecule has 3 heteroatoms. The van der Waals surface area contributed by atoms with Crippen LogP contribution >= 0.6 is 11.6 Å². The lowest BCUT2D eigenvalue weighted by molar-refractivity contribution is 0.569. The van der Waals surface area contributed by atoms with Crippen molar-refractivity contribution in [1.82, 2.24) is 0 Å².